The minimum Gasteiger partial charge on any atom is -0.393 e. The highest BCUT2D eigenvalue weighted by Gasteiger charge is 2.43. The van der Waals surface area contributed by atoms with Crippen LogP contribution >= 0.6 is 0 Å². The second kappa shape index (κ2) is 2.71. The molecule has 2 nitrogen and oxygen atoms in total. The van der Waals surface area contributed by atoms with E-state index in [-0.39, 0.29) is 6.10 Å². The van der Waals surface area contributed by atoms with Crippen LogP contribution in [0.15, 0.2) is 0 Å². The summed E-state index contributed by atoms with van der Waals surface area (Å²) in [6.45, 7) is 1.91. The SMILES string of the molecule is CC1(O)CC2CCCC(C1)C2O. The summed E-state index contributed by atoms with van der Waals surface area (Å²) < 4.78 is 0. The summed E-state index contributed by atoms with van der Waals surface area (Å²) in [6, 6.07) is 0. The van der Waals surface area contributed by atoms with Crippen molar-refractivity contribution in [2.75, 3.05) is 0 Å². The predicted octanol–water partition coefficient (Wildman–Crippen LogP) is 1.31. The molecule has 70 valence electrons. The van der Waals surface area contributed by atoms with Crippen molar-refractivity contribution >= 4 is 0 Å². The standard InChI is InChI=1S/C10H18O2/c1-10(12)5-7-3-2-4-8(6-10)9(7)11/h7-9,11-12H,2-6H2,1H3. The van der Waals surface area contributed by atoms with Crippen molar-refractivity contribution in [1.82, 2.24) is 0 Å². The molecule has 2 saturated carbocycles. The molecule has 2 rings (SSSR count). The fourth-order valence-corrected chi connectivity index (χ4v) is 3.03. The van der Waals surface area contributed by atoms with Gasteiger partial charge in [-0.1, -0.05) is 6.42 Å². The quantitative estimate of drug-likeness (QED) is 0.575. The monoisotopic (exact) mass is 170 g/mol. The van der Waals surface area contributed by atoms with Gasteiger partial charge in [-0.15, -0.1) is 0 Å². The maximum absolute atomic E-state index is 9.89. The average molecular weight is 170 g/mol. The van der Waals surface area contributed by atoms with Crippen LogP contribution in [0.5, 0.6) is 0 Å². The van der Waals surface area contributed by atoms with E-state index in [9.17, 15) is 10.2 Å². The van der Waals surface area contributed by atoms with Crippen LogP contribution in [0.4, 0.5) is 0 Å². The molecule has 0 aromatic heterocycles. The lowest BCUT2D eigenvalue weighted by atomic mass is 9.65. The van der Waals surface area contributed by atoms with Gasteiger partial charge < -0.3 is 10.2 Å². The highest BCUT2D eigenvalue weighted by Crippen LogP contribution is 2.44. The molecule has 0 radical (unpaired) electrons. The third-order valence-electron chi connectivity index (χ3n) is 3.52. The summed E-state index contributed by atoms with van der Waals surface area (Å²) in [6.07, 6.45) is 4.92. The minimum atomic E-state index is -0.505. The lowest BCUT2D eigenvalue weighted by Crippen LogP contribution is -2.47. The Bertz CT molecular complexity index is 161. The molecule has 0 aromatic carbocycles. The van der Waals surface area contributed by atoms with Crippen LogP contribution in [0, 0.1) is 11.8 Å². The number of aliphatic hydroxyl groups is 2. The van der Waals surface area contributed by atoms with Gasteiger partial charge in [-0.25, -0.2) is 0 Å². The van der Waals surface area contributed by atoms with Crippen LogP contribution in [-0.2, 0) is 0 Å². The molecule has 2 N–H and O–H groups in total. The molecule has 2 heteroatoms. The Hall–Kier alpha value is -0.0800. The minimum absolute atomic E-state index is 0.126. The molecule has 2 aliphatic carbocycles. The first-order valence-corrected chi connectivity index (χ1v) is 4.99. The Balaban J connectivity index is 2.12. The second-order valence-electron chi connectivity index (χ2n) is 4.85. The zero-order chi connectivity index (χ0) is 8.77. The van der Waals surface area contributed by atoms with Gasteiger partial charge in [-0.2, -0.15) is 0 Å². The first-order chi connectivity index (χ1) is 5.58. The highest BCUT2D eigenvalue weighted by atomic mass is 16.3. The summed E-state index contributed by atoms with van der Waals surface area (Å²) >= 11 is 0. The van der Waals surface area contributed by atoms with Crippen LogP contribution in [0.3, 0.4) is 0 Å². The zero-order valence-electron chi connectivity index (χ0n) is 7.66. The van der Waals surface area contributed by atoms with Gasteiger partial charge in [0, 0.05) is 0 Å². The van der Waals surface area contributed by atoms with Gasteiger partial charge in [0.2, 0.25) is 0 Å². The number of rotatable bonds is 0. The van der Waals surface area contributed by atoms with Gasteiger partial charge in [0.25, 0.3) is 0 Å². The molecule has 12 heavy (non-hydrogen) atoms. The van der Waals surface area contributed by atoms with E-state index >= 15 is 0 Å². The molecule has 2 unspecified atom stereocenters. The number of hydrogen-bond donors (Lipinski definition) is 2. The van der Waals surface area contributed by atoms with Crippen molar-refractivity contribution in [2.24, 2.45) is 11.8 Å². The van der Waals surface area contributed by atoms with Crippen molar-refractivity contribution in [1.29, 1.82) is 0 Å². The summed E-state index contributed by atoms with van der Waals surface area (Å²) in [4.78, 5) is 0. The molecular weight excluding hydrogens is 152 g/mol. The second-order valence-corrected chi connectivity index (χ2v) is 4.85. The Morgan fingerprint density at radius 3 is 2.17 bits per heavy atom. The van der Waals surface area contributed by atoms with Crippen LogP contribution in [0.2, 0.25) is 0 Å². The smallest absolute Gasteiger partial charge is 0.0627 e. The van der Waals surface area contributed by atoms with Crippen molar-refractivity contribution in [3.63, 3.8) is 0 Å². The summed E-state index contributed by atoms with van der Waals surface area (Å²) in [5.41, 5.74) is -0.505. The molecule has 0 heterocycles. The average Bonchev–Trinajstić information content (AvgIpc) is 1.92. The van der Waals surface area contributed by atoms with E-state index in [1.54, 1.807) is 0 Å². The molecule has 2 aliphatic rings. The van der Waals surface area contributed by atoms with Crippen molar-refractivity contribution in [2.45, 2.75) is 50.7 Å². The van der Waals surface area contributed by atoms with Crippen molar-refractivity contribution in [3.05, 3.63) is 0 Å². The number of hydrogen-bond acceptors (Lipinski definition) is 2. The zero-order valence-corrected chi connectivity index (χ0v) is 7.66. The molecule has 0 spiro atoms. The molecular formula is C10H18O2. The Labute approximate surface area is 73.6 Å². The Morgan fingerprint density at radius 2 is 1.67 bits per heavy atom. The number of aliphatic hydroxyl groups excluding tert-OH is 1. The third kappa shape index (κ3) is 1.38. The van der Waals surface area contributed by atoms with E-state index in [1.807, 2.05) is 6.92 Å². The molecule has 2 fully saturated rings. The lowest BCUT2D eigenvalue weighted by molar-refractivity contribution is -0.105. The molecule has 0 aromatic rings. The highest BCUT2D eigenvalue weighted by molar-refractivity contribution is 4.95. The van der Waals surface area contributed by atoms with E-state index in [4.69, 9.17) is 0 Å². The first-order valence-electron chi connectivity index (χ1n) is 4.99. The van der Waals surface area contributed by atoms with E-state index in [0.29, 0.717) is 11.8 Å². The largest absolute Gasteiger partial charge is 0.393 e. The van der Waals surface area contributed by atoms with E-state index in [0.717, 1.165) is 25.7 Å². The van der Waals surface area contributed by atoms with Gasteiger partial charge in [0.15, 0.2) is 0 Å². The van der Waals surface area contributed by atoms with E-state index in [1.165, 1.54) is 6.42 Å². The molecule has 0 aliphatic heterocycles. The lowest BCUT2D eigenvalue weighted by Gasteiger charge is -2.46. The van der Waals surface area contributed by atoms with Gasteiger partial charge in [0.05, 0.1) is 11.7 Å². The predicted molar refractivity (Wildman–Crippen MR) is 46.7 cm³/mol. The third-order valence-corrected chi connectivity index (χ3v) is 3.52. The summed E-state index contributed by atoms with van der Waals surface area (Å²) in [5, 5.41) is 19.7. The molecule has 0 saturated heterocycles. The summed E-state index contributed by atoms with van der Waals surface area (Å²) in [5.74, 6) is 0.736. The Morgan fingerprint density at radius 1 is 1.17 bits per heavy atom. The first kappa shape index (κ1) is 8.52. The van der Waals surface area contributed by atoms with Crippen LogP contribution in [-0.4, -0.2) is 21.9 Å². The fraction of sp³-hybridized carbons (Fsp3) is 1.00. The summed E-state index contributed by atoms with van der Waals surface area (Å²) in [7, 11) is 0. The van der Waals surface area contributed by atoms with Gasteiger partial charge in [0.1, 0.15) is 0 Å². The van der Waals surface area contributed by atoms with Gasteiger partial charge in [-0.05, 0) is 44.4 Å². The van der Waals surface area contributed by atoms with E-state index < -0.39 is 5.60 Å². The van der Waals surface area contributed by atoms with Crippen LogP contribution in [0.1, 0.15) is 39.0 Å². The number of fused-ring (bicyclic) bond motifs is 2. The molecule has 2 atom stereocenters. The maximum atomic E-state index is 9.89. The molecule has 0 amide bonds. The normalized spacial score (nSPS) is 53.8. The van der Waals surface area contributed by atoms with Crippen LogP contribution < -0.4 is 0 Å². The van der Waals surface area contributed by atoms with Crippen molar-refractivity contribution < 1.29 is 10.2 Å². The molecule has 2 bridgehead atoms. The van der Waals surface area contributed by atoms with E-state index in [2.05, 4.69) is 0 Å². The van der Waals surface area contributed by atoms with Crippen molar-refractivity contribution in [3.8, 4) is 0 Å². The maximum Gasteiger partial charge on any atom is 0.0627 e. The fourth-order valence-electron chi connectivity index (χ4n) is 3.03. The topological polar surface area (TPSA) is 40.5 Å². The van der Waals surface area contributed by atoms with Gasteiger partial charge in [-0.3, -0.25) is 0 Å². The van der Waals surface area contributed by atoms with Crippen LogP contribution in [0.25, 0.3) is 0 Å². The van der Waals surface area contributed by atoms with Gasteiger partial charge >= 0.3 is 0 Å². The Kier molecular flexibility index (Phi) is 1.92.